The van der Waals surface area contributed by atoms with Gasteiger partial charge in [0.2, 0.25) is 0 Å². The second-order valence-corrected chi connectivity index (χ2v) is 18.2. The van der Waals surface area contributed by atoms with Crippen molar-refractivity contribution in [3.8, 4) is 22.3 Å². The Morgan fingerprint density at radius 2 is 0.617 bits per heavy atom. The largest absolute Gasteiger partial charge is 0.0630 e. The van der Waals surface area contributed by atoms with Gasteiger partial charge < -0.3 is 0 Å². The van der Waals surface area contributed by atoms with Gasteiger partial charge in [0.15, 0.2) is 0 Å². The van der Waals surface area contributed by atoms with E-state index in [4.69, 9.17) is 0 Å². The highest BCUT2D eigenvalue weighted by Crippen LogP contribution is 2.38. The Kier molecular flexibility index (Phi) is 18.6. The molecule has 0 amide bonds. The summed E-state index contributed by atoms with van der Waals surface area (Å²) in [6, 6.07) is 65.1. The molecule has 9 aromatic carbocycles. The van der Waals surface area contributed by atoms with Gasteiger partial charge in [0.25, 0.3) is 0 Å². The Hall–Kier alpha value is -5.72. The second-order valence-electron chi connectivity index (χ2n) is 18.2. The van der Waals surface area contributed by atoms with Gasteiger partial charge in [-0.15, -0.1) is 0 Å². The molecule has 0 aliphatic heterocycles. The lowest BCUT2D eigenvalue weighted by Gasteiger charge is -2.13. The van der Waals surface area contributed by atoms with Gasteiger partial charge in [-0.3, -0.25) is 0 Å². The Labute approximate surface area is 363 Å². The van der Waals surface area contributed by atoms with Crippen LogP contribution in [0.1, 0.15) is 83.1 Å². The number of benzene rings is 9. The molecule has 0 aromatic heterocycles. The molecule has 60 heavy (non-hydrogen) atoms. The average molecular weight is 791 g/mol. The first-order valence-electron chi connectivity index (χ1n) is 22.1. The molecule has 9 rings (SSSR count). The van der Waals surface area contributed by atoms with Crippen molar-refractivity contribution in [3.63, 3.8) is 0 Å². The summed E-state index contributed by atoms with van der Waals surface area (Å²) in [6.45, 7) is 26.0. The molecule has 0 spiro atoms. The van der Waals surface area contributed by atoms with E-state index in [0.717, 1.165) is 23.7 Å². The predicted molar refractivity (Wildman–Crippen MR) is 273 cm³/mol. The summed E-state index contributed by atoms with van der Waals surface area (Å²) in [5, 5.41) is 13.1. The van der Waals surface area contributed by atoms with Crippen molar-refractivity contribution < 1.29 is 0 Å². The molecular formula is C60H70. The van der Waals surface area contributed by atoms with Crippen molar-refractivity contribution in [2.24, 2.45) is 23.7 Å². The maximum Gasteiger partial charge on any atom is -0.00928 e. The highest BCUT2D eigenvalue weighted by Gasteiger charge is 2.10. The van der Waals surface area contributed by atoms with Crippen LogP contribution < -0.4 is 0 Å². The van der Waals surface area contributed by atoms with Crippen LogP contribution >= 0.6 is 0 Å². The standard InChI is InChI=1S/C24H16.C20H14.4C4H10/c1-2-8-17(9-3-1)23-16-24-19-11-5-4-10-18(19)14-15-22(24)20-12-6-7-13-21(20)23;1-2-8-17-14-18(13-12-15(17)6-1)20-11-5-9-16-7-3-4-10-19(16)20;4*1-4(2)3/h1-16H;1-14H;4*4H,1-3H3. The Morgan fingerprint density at radius 1 is 0.217 bits per heavy atom. The van der Waals surface area contributed by atoms with E-state index in [1.54, 1.807) is 0 Å². The van der Waals surface area contributed by atoms with E-state index < -0.39 is 0 Å². The van der Waals surface area contributed by atoms with E-state index >= 15 is 0 Å². The van der Waals surface area contributed by atoms with E-state index in [1.165, 1.54) is 76.1 Å². The highest BCUT2D eigenvalue weighted by molar-refractivity contribution is 6.21. The monoisotopic (exact) mass is 791 g/mol. The molecule has 0 fully saturated rings. The minimum Gasteiger partial charge on any atom is -0.0630 e. The molecule has 0 unspecified atom stereocenters. The molecule has 0 nitrogen and oxygen atoms in total. The summed E-state index contributed by atoms with van der Waals surface area (Å²) in [5.74, 6) is 3.33. The van der Waals surface area contributed by atoms with Crippen molar-refractivity contribution in [1.29, 1.82) is 0 Å². The molecule has 0 N–H and O–H groups in total. The first-order valence-corrected chi connectivity index (χ1v) is 22.1. The normalized spacial score (nSPS) is 10.6. The number of fused-ring (bicyclic) bond motifs is 7. The second kappa shape index (κ2) is 23.8. The molecule has 0 heteroatoms. The van der Waals surface area contributed by atoms with E-state index in [0.29, 0.717) is 0 Å². The van der Waals surface area contributed by atoms with Crippen molar-refractivity contribution in [3.05, 3.63) is 182 Å². The average Bonchev–Trinajstić information content (AvgIpc) is 3.22. The lowest BCUT2D eigenvalue weighted by Crippen LogP contribution is -1.85. The summed E-state index contributed by atoms with van der Waals surface area (Å²) in [7, 11) is 0. The lowest BCUT2D eigenvalue weighted by atomic mass is 9.91. The molecule has 0 radical (unpaired) electrons. The third kappa shape index (κ3) is 14.2. The lowest BCUT2D eigenvalue weighted by molar-refractivity contribution is 0.736. The van der Waals surface area contributed by atoms with Crippen molar-refractivity contribution >= 4 is 53.9 Å². The van der Waals surface area contributed by atoms with Gasteiger partial charge in [-0.1, -0.05) is 253 Å². The van der Waals surface area contributed by atoms with Crippen molar-refractivity contribution in [2.45, 2.75) is 83.1 Å². The third-order valence-corrected chi connectivity index (χ3v) is 8.70. The smallest absolute Gasteiger partial charge is 0.00928 e. The van der Waals surface area contributed by atoms with Crippen LogP contribution in [0, 0.1) is 23.7 Å². The van der Waals surface area contributed by atoms with Crippen LogP contribution in [0.2, 0.25) is 0 Å². The fourth-order valence-corrected chi connectivity index (χ4v) is 6.55. The maximum absolute atomic E-state index is 2.36. The first kappa shape index (κ1) is 47.0. The minimum atomic E-state index is 0.833. The van der Waals surface area contributed by atoms with Gasteiger partial charge >= 0.3 is 0 Å². The summed E-state index contributed by atoms with van der Waals surface area (Å²) in [4.78, 5) is 0. The molecule has 0 atom stereocenters. The molecule has 0 saturated heterocycles. The molecule has 0 heterocycles. The molecule has 9 aromatic rings. The van der Waals surface area contributed by atoms with Crippen LogP contribution in [0.15, 0.2) is 182 Å². The first-order chi connectivity index (χ1) is 28.8. The van der Waals surface area contributed by atoms with Gasteiger partial charge in [-0.05, 0) is 112 Å². The van der Waals surface area contributed by atoms with Crippen LogP contribution in [0.25, 0.3) is 76.1 Å². The van der Waals surface area contributed by atoms with Crippen LogP contribution in [0.4, 0.5) is 0 Å². The van der Waals surface area contributed by atoms with Crippen molar-refractivity contribution in [2.75, 3.05) is 0 Å². The minimum absolute atomic E-state index is 0.833. The summed E-state index contributed by atoms with van der Waals surface area (Å²) in [5.41, 5.74) is 5.15. The SMILES string of the molecule is CC(C)C.CC(C)C.CC(C)C.CC(C)C.c1ccc(-c2cc3c4ccccc4ccc3c3ccccc23)cc1.c1ccc2cc(-c3cccc4ccccc34)ccc2c1. The quantitative estimate of drug-likeness (QED) is 0.153. The molecule has 0 bridgehead atoms. The summed E-state index contributed by atoms with van der Waals surface area (Å²) < 4.78 is 0. The fourth-order valence-electron chi connectivity index (χ4n) is 6.55. The number of rotatable bonds is 2. The zero-order valence-corrected chi connectivity index (χ0v) is 38.6. The van der Waals surface area contributed by atoms with E-state index in [1.807, 2.05) is 0 Å². The highest BCUT2D eigenvalue weighted by atomic mass is 14.1. The predicted octanol–water partition coefficient (Wildman–Crippen LogP) is 19.1. The zero-order valence-electron chi connectivity index (χ0n) is 38.6. The van der Waals surface area contributed by atoms with Gasteiger partial charge in [0, 0.05) is 0 Å². The van der Waals surface area contributed by atoms with Crippen LogP contribution in [-0.2, 0) is 0 Å². The van der Waals surface area contributed by atoms with Crippen LogP contribution in [0.5, 0.6) is 0 Å². The Morgan fingerprint density at radius 3 is 1.20 bits per heavy atom. The third-order valence-electron chi connectivity index (χ3n) is 8.70. The summed E-state index contributed by atoms with van der Waals surface area (Å²) >= 11 is 0. The molecule has 310 valence electrons. The number of hydrogen-bond acceptors (Lipinski definition) is 0. The molecule has 0 saturated carbocycles. The van der Waals surface area contributed by atoms with E-state index in [-0.39, 0.29) is 0 Å². The fraction of sp³-hybridized carbons (Fsp3) is 0.267. The van der Waals surface area contributed by atoms with E-state index in [2.05, 4.69) is 265 Å². The molecule has 0 aliphatic rings. The number of hydrogen-bond donors (Lipinski definition) is 0. The maximum atomic E-state index is 2.36. The zero-order chi connectivity index (χ0) is 43.6. The Bertz CT molecular complexity index is 2600. The van der Waals surface area contributed by atoms with Crippen LogP contribution in [0.3, 0.4) is 0 Å². The van der Waals surface area contributed by atoms with Gasteiger partial charge in [0.1, 0.15) is 0 Å². The summed E-state index contributed by atoms with van der Waals surface area (Å²) in [6.07, 6.45) is 0. The van der Waals surface area contributed by atoms with Crippen LogP contribution in [-0.4, -0.2) is 0 Å². The molecule has 0 aliphatic carbocycles. The van der Waals surface area contributed by atoms with Gasteiger partial charge in [-0.25, -0.2) is 0 Å². The topological polar surface area (TPSA) is 0 Å². The van der Waals surface area contributed by atoms with Gasteiger partial charge in [-0.2, -0.15) is 0 Å². The van der Waals surface area contributed by atoms with Gasteiger partial charge in [0.05, 0.1) is 0 Å². The Balaban J connectivity index is 0.000000197. The van der Waals surface area contributed by atoms with Crippen molar-refractivity contribution in [1.82, 2.24) is 0 Å². The molecular weight excluding hydrogens is 721 g/mol. The van der Waals surface area contributed by atoms with E-state index in [9.17, 15) is 0 Å².